The van der Waals surface area contributed by atoms with Crippen molar-refractivity contribution in [1.29, 1.82) is 0 Å². The Morgan fingerprint density at radius 1 is 0.972 bits per heavy atom. The Morgan fingerprint density at radius 3 is 2.33 bits per heavy atom. The van der Waals surface area contributed by atoms with Crippen LogP contribution in [0.15, 0.2) is 79.1 Å². The van der Waals surface area contributed by atoms with E-state index in [1.165, 1.54) is 17.8 Å². The molecule has 0 aliphatic heterocycles. The second-order valence-electron chi connectivity index (χ2n) is 7.91. The molecule has 0 radical (unpaired) electrons. The Kier molecular flexibility index (Phi) is 6.86. The number of carbonyl (C=O) groups is 2. The number of para-hydroxylation sites is 1. The number of nitrogens with zero attached hydrogens (tertiary/aromatic N) is 3. The Balaban J connectivity index is 1.46. The number of nitrogens with one attached hydrogen (secondary N) is 1. The molecule has 1 N–H and O–H groups in total. The van der Waals surface area contributed by atoms with E-state index in [1.54, 1.807) is 19.1 Å². The van der Waals surface area contributed by atoms with E-state index in [2.05, 4.69) is 15.4 Å². The molecular weight excluding hydrogens is 473 g/mol. The van der Waals surface area contributed by atoms with Crippen LogP contribution in [0, 0.1) is 6.92 Å². The summed E-state index contributed by atoms with van der Waals surface area (Å²) in [7, 11) is 0. The summed E-state index contributed by atoms with van der Waals surface area (Å²) in [5.74, 6) is -1.23. The van der Waals surface area contributed by atoms with E-state index in [4.69, 9.17) is 4.74 Å². The molecule has 36 heavy (non-hydrogen) atoms. The van der Waals surface area contributed by atoms with E-state index < -0.39 is 29.7 Å². The molecule has 0 aliphatic carbocycles. The molecule has 0 fully saturated rings. The number of halogens is 3. The Hall–Kier alpha value is -4.47. The van der Waals surface area contributed by atoms with Gasteiger partial charge in [0.2, 0.25) is 0 Å². The molecule has 0 spiro atoms. The summed E-state index contributed by atoms with van der Waals surface area (Å²) in [6.45, 7) is 2.99. The summed E-state index contributed by atoms with van der Waals surface area (Å²) >= 11 is 0. The second-order valence-corrected chi connectivity index (χ2v) is 7.91. The van der Waals surface area contributed by atoms with E-state index in [0.29, 0.717) is 17.6 Å². The zero-order chi connectivity index (χ0) is 25.9. The van der Waals surface area contributed by atoms with Gasteiger partial charge in [0.25, 0.3) is 5.91 Å². The third-order valence-electron chi connectivity index (χ3n) is 5.44. The number of anilines is 1. The number of esters is 1. The molecular formula is C26H21F3N4O3. The zero-order valence-corrected chi connectivity index (χ0v) is 19.3. The number of amides is 1. The van der Waals surface area contributed by atoms with Crippen molar-refractivity contribution < 1.29 is 27.5 Å². The molecule has 2 aromatic carbocycles. The average Bonchev–Trinajstić information content (AvgIpc) is 3.25. The first-order chi connectivity index (χ1) is 17.1. The Morgan fingerprint density at radius 2 is 1.67 bits per heavy atom. The van der Waals surface area contributed by atoms with Gasteiger partial charge in [-0.2, -0.15) is 18.3 Å². The van der Waals surface area contributed by atoms with Gasteiger partial charge in [-0.15, -0.1) is 0 Å². The first-order valence-electron chi connectivity index (χ1n) is 10.9. The third kappa shape index (κ3) is 5.27. The van der Waals surface area contributed by atoms with Crippen molar-refractivity contribution in [1.82, 2.24) is 14.8 Å². The molecule has 1 atom stereocenters. The van der Waals surface area contributed by atoms with Crippen LogP contribution in [0.1, 0.15) is 28.5 Å². The summed E-state index contributed by atoms with van der Waals surface area (Å²) < 4.78 is 44.9. The van der Waals surface area contributed by atoms with Crippen LogP contribution in [0.5, 0.6) is 0 Å². The molecule has 0 saturated heterocycles. The smallest absolute Gasteiger partial charge is 0.417 e. The fourth-order valence-electron chi connectivity index (χ4n) is 3.49. The standard InChI is InChI=1S/C26H21F3N4O3/c1-16-21(15-31-33(16)23-13-12-19(14-30-23)26(27,28)29)25(35)36-17(2)24(34)32-22-11-7-6-10-20(22)18-8-4-3-5-9-18/h3-15,17H,1-2H3,(H,32,34). The summed E-state index contributed by atoms with van der Waals surface area (Å²) in [6.07, 6.45) is -3.74. The molecule has 1 amide bonds. The number of hydrogen-bond acceptors (Lipinski definition) is 5. The van der Waals surface area contributed by atoms with Gasteiger partial charge in [-0.05, 0) is 37.6 Å². The quantitative estimate of drug-likeness (QED) is 0.361. The molecule has 4 aromatic rings. The van der Waals surface area contributed by atoms with Crippen molar-refractivity contribution in [2.24, 2.45) is 0 Å². The fraction of sp³-hybridized carbons (Fsp3) is 0.154. The molecule has 2 heterocycles. The number of alkyl halides is 3. The van der Waals surface area contributed by atoms with Gasteiger partial charge < -0.3 is 10.1 Å². The van der Waals surface area contributed by atoms with E-state index in [-0.39, 0.29) is 11.4 Å². The van der Waals surface area contributed by atoms with Gasteiger partial charge in [-0.25, -0.2) is 14.5 Å². The zero-order valence-electron chi connectivity index (χ0n) is 19.3. The van der Waals surface area contributed by atoms with Crippen LogP contribution in [0.3, 0.4) is 0 Å². The lowest BCUT2D eigenvalue weighted by Crippen LogP contribution is -2.30. The Labute approximate surface area is 204 Å². The lowest BCUT2D eigenvalue weighted by Gasteiger charge is -2.16. The lowest BCUT2D eigenvalue weighted by molar-refractivity contribution is -0.137. The van der Waals surface area contributed by atoms with E-state index >= 15 is 0 Å². The lowest BCUT2D eigenvalue weighted by atomic mass is 10.0. The van der Waals surface area contributed by atoms with Gasteiger partial charge in [-0.1, -0.05) is 48.5 Å². The highest BCUT2D eigenvalue weighted by atomic mass is 19.4. The highest BCUT2D eigenvalue weighted by Gasteiger charge is 2.31. The number of carbonyl (C=O) groups excluding carboxylic acids is 2. The fourth-order valence-corrected chi connectivity index (χ4v) is 3.49. The molecule has 2 aromatic heterocycles. The van der Waals surface area contributed by atoms with E-state index in [0.717, 1.165) is 23.3 Å². The molecule has 184 valence electrons. The van der Waals surface area contributed by atoms with Gasteiger partial charge >= 0.3 is 12.1 Å². The minimum atomic E-state index is -4.52. The van der Waals surface area contributed by atoms with Crippen LogP contribution in [-0.2, 0) is 15.7 Å². The number of benzene rings is 2. The maximum Gasteiger partial charge on any atom is 0.417 e. The maximum absolute atomic E-state index is 12.8. The summed E-state index contributed by atoms with van der Waals surface area (Å²) in [4.78, 5) is 29.3. The van der Waals surface area contributed by atoms with Gasteiger partial charge in [0.1, 0.15) is 5.56 Å². The predicted molar refractivity (Wildman–Crippen MR) is 126 cm³/mol. The normalized spacial score (nSPS) is 12.1. The number of ether oxygens (including phenoxy) is 1. The van der Waals surface area contributed by atoms with Gasteiger partial charge in [0.05, 0.1) is 17.5 Å². The van der Waals surface area contributed by atoms with Gasteiger partial charge in [0.15, 0.2) is 11.9 Å². The van der Waals surface area contributed by atoms with Crippen LogP contribution < -0.4 is 5.32 Å². The summed E-state index contributed by atoms with van der Waals surface area (Å²) in [5.41, 5.74) is 1.75. The Bertz CT molecular complexity index is 1380. The second kappa shape index (κ2) is 10.0. The minimum absolute atomic E-state index is 0.0565. The van der Waals surface area contributed by atoms with E-state index in [9.17, 15) is 22.8 Å². The van der Waals surface area contributed by atoms with Gasteiger partial charge in [-0.3, -0.25) is 4.79 Å². The highest BCUT2D eigenvalue weighted by Crippen LogP contribution is 2.29. The average molecular weight is 494 g/mol. The SMILES string of the molecule is Cc1c(C(=O)OC(C)C(=O)Nc2ccccc2-c2ccccc2)cnn1-c1ccc(C(F)(F)F)cn1. The van der Waals surface area contributed by atoms with Crippen molar-refractivity contribution in [3.05, 3.63) is 95.9 Å². The molecule has 4 rings (SSSR count). The first-order valence-corrected chi connectivity index (χ1v) is 10.9. The van der Waals surface area contributed by atoms with Crippen molar-refractivity contribution in [2.45, 2.75) is 26.1 Å². The van der Waals surface area contributed by atoms with Crippen LogP contribution in [0.4, 0.5) is 18.9 Å². The molecule has 10 heteroatoms. The topological polar surface area (TPSA) is 86.1 Å². The van der Waals surface area contributed by atoms with Crippen molar-refractivity contribution in [3.8, 4) is 16.9 Å². The molecule has 7 nitrogen and oxygen atoms in total. The molecule has 0 aliphatic rings. The van der Waals surface area contributed by atoms with E-state index in [1.807, 2.05) is 42.5 Å². The number of hydrogen-bond donors (Lipinski definition) is 1. The maximum atomic E-state index is 12.8. The highest BCUT2D eigenvalue weighted by molar-refractivity contribution is 6.00. The largest absolute Gasteiger partial charge is 0.449 e. The minimum Gasteiger partial charge on any atom is -0.449 e. The van der Waals surface area contributed by atoms with Crippen molar-refractivity contribution in [2.75, 3.05) is 5.32 Å². The molecule has 1 unspecified atom stereocenters. The number of aromatic nitrogens is 3. The van der Waals surface area contributed by atoms with Gasteiger partial charge in [0, 0.05) is 17.4 Å². The number of rotatable bonds is 6. The predicted octanol–water partition coefficient (Wildman–Crippen LogP) is 5.45. The summed E-state index contributed by atoms with van der Waals surface area (Å²) in [6, 6.07) is 18.8. The van der Waals surface area contributed by atoms with Crippen LogP contribution in [0.25, 0.3) is 16.9 Å². The monoisotopic (exact) mass is 494 g/mol. The molecule has 0 bridgehead atoms. The first kappa shape index (κ1) is 24.6. The van der Waals surface area contributed by atoms with Crippen molar-refractivity contribution in [3.63, 3.8) is 0 Å². The number of pyridine rings is 1. The van der Waals surface area contributed by atoms with Crippen molar-refractivity contribution >= 4 is 17.6 Å². The third-order valence-corrected chi connectivity index (χ3v) is 5.44. The van der Waals surface area contributed by atoms with Crippen LogP contribution in [0.2, 0.25) is 0 Å². The molecule has 0 saturated carbocycles. The summed E-state index contributed by atoms with van der Waals surface area (Å²) in [5, 5.41) is 6.83. The van der Waals surface area contributed by atoms with Crippen LogP contribution >= 0.6 is 0 Å². The van der Waals surface area contributed by atoms with Crippen LogP contribution in [-0.4, -0.2) is 32.7 Å².